The minimum Gasteiger partial charge on any atom is -0.497 e. The highest BCUT2D eigenvalue weighted by atomic mass is 32.2. The van der Waals surface area contributed by atoms with Crippen molar-refractivity contribution < 1.29 is 13.2 Å². The second kappa shape index (κ2) is 9.11. The molecule has 3 heterocycles. The van der Waals surface area contributed by atoms with Gasteiger partial charge in [0.2, 0.25) is 0 Å². The predicted octanol–water partition coefficient (Wildman–Crippen LogP) is 3.33. The third-order valence-corrected chi connectivity index (χ3v) is 6.77. The molecular weight excluding hydrogens is 412 g/mol. The number of hydrogen-bond donors (Lipinski definition) is 0. The van der Waals surface area contributed by atoms with E-state index in [9.17, 15) is 8.42 Å². The average Bonchev–Trinajstić information content (AvgIpc) is 2.80. The van der Waals surface area contributed by atoms with E-state index in [2.05, 4.69) is 27.0 Å². The number of benzene rings is 1. The van der Waals surface area contributed by atoms with Gasteiger partial charge < -0.3 is 4.74 Å². The summed E-state index contributed by atoms with van der Waals surface area (Å²) < 4.78 is 30.0. The van der Waals surface area contributed by atoms with Gasteiger partial charge in [-0.15, -0.1) is 0 Å². The lowest BCUT2D eigenvalue weighted by Gasteiger charge is -2.32. The van der Waals surface area contributed by atoms with Gasteiger partial charge in [-0.1, -0.05) is 12.1 Å². The van der Waals surface area contributed by atoms with Crippen LogP contribution in [0.4, 0.5) is 0 Å². The van der Waals surface area contributed by atoms with Crippen molar-refractivity contribution in [2.24, 2.45) is 0 Å². The van der Waals surface area contributed by atoms with Crippen molar-refractivity contribution in [2.75, 3.05) is 26.5 Å². The molecule has 0 atom stereocenters. The lowest BCUT2D eigenvalue weighted by atomic mass is 9.93. The molecule has 0 aliphatic carbocycles. The molecule has 0 spiro atoms. The standard InChI is InChI=1S/C23H26N4O3S/c1-30-20-5-3-17(4-6-20)16-27-13-9-18(10-14-27)22-21(31(2,28)29)15-25-23(26-22)19-7-11-24-12-8-19/h3-8,11-12,15,18H,9-10,13-14,16H2,1-2H3. The maximum Gasteiger partial charge on any atom is 0.178 e. The minimum absolute atomic E-state index is 0.0837. The molecule has 0 N–H and O–H groups in total. The van der Waals surface area contributed by atoms with E-state index in [4.69, 9.17) is 9.72 Å². The van der Waals surface area contributed by atoms with Gasteiger partial charge in [0, 0.05) is 42.9 Å². The molecule has 2 aromatic heterocycles. The molecule has 1 aliphatic heterocycles. The minimum atomic E-state index is -3.41. The quantitative estimate of drug-likeness (QED) is 0.583. The molecule has 0 radical (unpaired) electrons. The van der Waals surface area contributed by atoms with Gasteiger partial charge in [0.15, 0.2) is 15.7 Å². The molecule has 8 heteroatoms. The number of nitrogens with zero attached hydrogens (tertiary/aromatic N) is 4. The van der Waals surface area contributed by atoms with Crippen LogP contribution in [0, 0.1) is 0 Å². The molecule has 31 heavy (non-hydrogen) atoms. The van der Waals surface area contributed by atoms with Gasteiger partial charge >= 0.3 is 0 Å². The van der Waals surface area contributed by atoms with E-state index >= 15 is 0 Å². The maximum absolute atomic E-state index is 12.4. The van der Waals surface area contributed by atoms with Crippen LogP contribution in [0.1, 0.15) is 30.0 Å². The molecule has 1 saturated heterocycles. The summed E-state index contributed by atoms with van der Waals surface area (Å²) in [4.78, 5) is 15.7. The van der Waals surface area contributed by atoms with Crippen LogP contribution in [0.2, 0.25) is 0 Å². The van der Waals surface area contributed by atoms with Crippen LogP contribution in [-0.4, -0.2) is 54.7 Å². The average molecular weight is 439 g/mol. The number of methoxy groups -OCH3 is 1. The first-order valence-electron chi connectivity index (χ1n) is 10.3. The van der Waals surface area contributed by atoms with Crippen molar-refractivity contribution in [1.82, 2.24) is 19.9 Å². The fourth-order valence-electron chi connectivity index (χ4n) is 3.96. The number of piperidine rings is 1. The maximum atomic E-state index is 12.4. The van der Waals surface area contributed by atoms with Crippen molar-refractivity contribution in [1.29, 1.82) is 0 Å². The highest BCUT2D eigenvalue weighted by Gasteiger charge is 2.28. The number of likely N-dealkylation sites (tertiary alicyclic amines) is 1. The number of pyridine rings is 1. The van der Waals surface area contributed by atoms with Crippen LogP contribution < -0.4 is 4.74 Å². The third kappa shape index (κ3) is 5.08. The van der Waals surface area contributed by atoms with Crippen molar-refractivity contribution in [3.63, 3.8) is 0 Å². The lowest BCUT2D eigenvalue weighted by Crippen LogP contribution is -2.33. The molecule has 0 saturated carbocycles. The molecule has 1 fully saturated rings. The first-order chi connectivity index (χ1) is 14.9. The van der Waals surface area contributed by atoms with E-state index in [0.717, 1.165) is 43.8 Å². The summed E-state index contributed by atoms with van der Waals surface area (Å²) in [5, 5.41) is 0. The molecule has 7 nitrogen and oxygen atoms in total. The predicted molar refractivity (Wildman–Crippen MR) is 119 cm³/mol. The second-order valence-corrected chi connectivity index (χ2v) is 9.83. The Labute approximate surface area is 183 Å². The zero-order chi connectivity index (χ0) is 21.8. The van der Waals surface area contributed by atoms with E-state index in [-0.39, 0.29) is 10.8 Å². The zero-order valence-corrected chi connectivity index (χ0v) is 18.5. The van der Waals surface area contributed by atoms with Gasteiger partial charge in [0.25, 0.3) is 0 Å². The number of sulfone groups is 1. The van der Waals surface area contributed by atoms with Crippen LogP contribution in [0.5, 0.6) is 5.75 Å². The van der Waals surface area contributed by atoms with Gasteiger partial charge in [-0.2, -0.15) is 0 Å². The van der Waals surface area contributed by atoms with Crippen molar-refractivity contribution in [3.05, 3.63) is 66.2 Å². The monoisotopic (exact) mass is 438 g/mol. The summed E-state index contributed by atoms with van der Waals surface area (Å²) in [7, 11) is -1.75. The lowest BCUT2D eigenvalue weighted by molar-refractivity contribution is 0.202. The van der Waals surface area contributed by atoms with Gasteiger partial charge in [-0.05, 0) is 55.8 Å². The summed E-state index contributed by atoms with van der Waals surface area (Å²) >= 11 is 0. The largest absolute Gasteiger partial charge is 0.497 e. The van der Waals surface area contributed by atoms with Gasteiger partial charge in [-0.3, -0.25) is 9.88 Å². The molecular formula is C23H26N4O3S. The number of hydrogen-bond acceptors (Lipinski definition) is 7. The highest BCUT2D eigenvalue weighted by Crippen LogP contribution is 2.32. The summed E-state index contributed by atoms with van der Waals surface area (Å²) in [5.41, 5.74) is 2.69. The third-order valence-electron chi connectivity index (χ3n) is 5.66. The van der Waals surface area contributed by atoms with E-state index in [0.29, 0.717) is 11.5 Å². The SMILES string of the molecule is COc1ccc(CN2CCC(c3nc(-c4ccncc4)ncc3S(C)(=O)=O)CC2)cc1. The number of aromatic nitrogens is 3. The van der Waals surface area contributed by atoms with Crippen molar-refractivity contribution in [2.45, 2.75) is 30.2 Å². The van der Waals surface area contributed by atoms with E-state index in [1.807, 2.05) is 24.3 Å². The van der Waals surface area contributed by atoms with E-state index in [1.54, 1.807) is 19.5 Å². The Hall–Kier alpha value is -2.84. The highest BCUT2D eigenvalue weighted by molar-refractivity contribution is 7.90. The molecule has 0 unspecified atom stereocenters. The molecule has 0 amide bonds. The van der Waals surface area contributed by atoms with E-state index in [1.165, 1.54) is 18.0 Å². The zero-order valence-electron chi connectivity index (χ0n) is 17.7. The first kappa shape index (κ1) is 21.4. The van der Waals surface area contributed by atoms with Crippen molar-refractivity contribution >= 4 is 9.84 Å². The Kier molecular flexibility index (Phi) is 6.29. The molecule has 3 aromatic rings. The summed E-state index contributed by atoms with van der Waals surface area (Å²) in [5.74, 6) is 1.47. The summed E-state index contributed by atoms with van der Waals surface area (Å²) in [6.45, 7) is 2.63. The van der Waals surface area contributed by atoms with Crippen molar-refractivity contribution in [3.8, 4) is 17.1 Å². The Morgan fingerprint density at radius 1 is 1.06 bits per heavy atom. The summed E-state index contributed by atoms with van der Waals surface area (Å²) in [6, 6.07) is 11.8. The molecule has 4 rings (SSSR count). The van der Waals surface area contributed by atoms with Gasteiger partial charge in [-0.25, -0.2) is 18.4 Å². The summed E-state index contributed by atoms with van der Waals surface area (Å²) in [6.07, 6.45) is 7.75. The normalized spacial score (nSPS) is 15.7. The Bertz CT molecular complexity index is 1130. The Balaban J connectivity index is 1.52. The number of ether oxygens (including phenoxy) is 1. The molecule has 1 aliphatic rings. The topological polar surface area (TPSA) is 85.3 Å². The molecule has 0 bridgehead atoms. The first-order valence-corrected chi connectivity index (χ1v) is 12.2. The van der Waals surface area contributed by atoms with Crippen LogP contribution in [0.15, 0.2) is 59.9 Å². The molecule has 162 valence electrons. The Morgan fingerprint density at radius 2 is 1.74 bits per heavy atom. The Morgan fingerprint density at radius 3 is 2.35 bits per heavy atom. The van der Waals surface area contributed by atoms with Crippen LogP contribution in [0.25, 0.3) is 11.4 Å². The van der Waals surface area contributed by atoms with Crippen LogP contribution in [-0.2, 0) is 16.4 Å². The van der Waals surface area contributed by atoms with Crippen LogP contribution >= 0.6 is 0 Å². The smallest absolute Gasteiger partial charge is 0.178 e. The fourth-order valence-corrected chi connectivity index (χ4v) is 4.79. The molecule has 1 aromatic carbocycles. The number of rotatable bonds is 6. The second-order valence-electron chi connectivity index (χ2n) is 7.85. The fraction of sp³-hybridized carbons (Fsp3) is 0.348. The van der Waals surface area contributed by atoms with Gasteiger partial charge in [0.1, 0.15) is 10.6 Å². The van der Waals surface area contributed by atoms with E-state index < -0.39 is 9.84 Å². The van der Waals surface area contributed by atoms with Crippen LogP contribution in [0.3, 0.4) is 0 Å². The van der Waals surface area contributed by atoms with Gasteiger partial charge in [0.05, 0.1) is 12.8 Å².